The molecule has 5 heteroatoms. The number of hydrogen-bond acceptors (Lipinski definition) is 3. The molecule has 164 valence electrons. The van der Waals surface area contributed by atoms with E-state index in [1.54, 1.807) is 18.2 Å². The Labute approximate surface area is 174 Å². The third-order valence-electron chi connectivity index (χ3n) is 4.88. The fraction of sp³-hybridized carbons (Fsp3) is 0.739. The van der Waals surface area contributed by atoms with Crippen molar-refractivity contribution in [3.8, 4) is 0 Å². The van der Waals surface area contributed by atoms with Gasteiger partial charge in [0.25, 0.3) is 10.1 Å². The molecule has 0 saturated heterocycles. The van der Waals surface area contributed by atoms with Gasteiger partial charge >= 0.3 is 0 Å². The lowest BCUT2D eigenvalue weighted by Crippen LogP contribution is -2.18. The standard InChI is InChI=1S/C17H37N.C6H6O3S/c1-3-5-6-7-8-9-10-11-12-13-14-16-17(18)15-4-2;7-10(8,9)6-4-2-1-3-5-6/h17H,3-16,18H2,1-2H3;1-5H,(H,7,8,9). The average molecular weight is 414 g/mol. The van der Waals surface area contributed by atoms with Crippen LogP contribution in [0.25, 0.3) is 0 Å². The number of hydrogen-bond donors (Lipinski definition) is 2. The van der Waals surface area contributed by atoms with Gasteiger partial charge in [-0.2, -0.15) is 8.42 Å². The lowest BCUT2D eigenvalue weighted by molar-refractivity contribution is 0.483. The second-order valence-electron chi connectivity index (χ2n) is 7.66. The van der Waals surface area contributed by atoms with Gasteiger partial charge in [-0.25, -0.2) is 0 Å². The summed E-state index contributed by atoms with van der Waals surface area (Å²) in [6.45, 7) is 4.51. The smallest absolute Gasteiger partial charge is 0.294 e. The molecule has 1 rings (SSSR count). The molecule has 0 radical (unpaired) electrons. The summed E-state index contributed by atoms with van der Waals surface area (Å²) in [6, 6.07) is 7.89. The largest absolute Gasteiger partial charge is 0.328 e. The molecule has 1 atom stereocenters. The van der Waals surface area contributed by atoms with Crippen LogP contribution in [0.3, 0.4) is 0 Å². The molecule has 1 aromatic rings. The second kappa shape index (κ2) is 18.1. The molecule has 0 saturated carbocycles. The topological polar surface area (TPSA) is 80.4 Å². The molecule has 0 aliphatic rings. The highest BCUT2D eigenvalue weighted by Gasteiger charge is 2.05. The van der Waals surface area contributed by atoms with Crippen LogP contribution >= 0.6 is 0 Å². The lowest BCUT2D eigenvalue weighted by Gasteiger charge is -2.09. The SMILES string of the molecule is CCCCCCCCCCCCCC(N)CCC.O=S(=O)(O)c1ccccc1. The fourth-order valence-electron chi connectivity index (χ4n) is 3.18. The zero-order valence-electron chi connectivity index (χ0n) is 18.1. The van der Waals surface area contributed by atoms with E-state index in [0.29, 0.717) is 6.04 Å². The third kappa shape index (κ3) is 17.2. The van der Waals surface area contributed by atoms with E-state index in [0.717, 1.165) is 0 Å². The molecule has 0 fully saturated rings. The first-order chi connectivity index (χ1) is 13.4. The van der Waals surface area contributed by atoms with Crippen molar-refractivity contribution in [3.63, 3.8) is 0 Å². The van der Waals surface area contributed by atoms with Gasteiger partial charge in [-0.15, -0.1) is 0 Å². The van der Waals surface area contributed by atoms with E-state index in [1.807, 2.05) is 0 Å². The zero-order valence-corrected chi connectivity index (χ0v) is 18.9. The summed E-state index contributed by atoms with van der Waals surface area (Å²) in [5, 5.41) is 0. The molecule has 28 heavy (non-hydrogen) atoms. The number of nitrogens with two attached hydrogens (primary N) is 1. The molecular weight excluding hydrogens is 370 g/mol. The van der Waals surface area contributed by atoms with Crippen molar-refractivity contribution in [2.24, 2.45) is 5.73 Å². The molecule has 0 amide bonds. The van der Waals surface area contributed by atoms with E-state index in [9.17, 15) is 8.42 Å². The van der Waals surface area contributed by atoms with Crippen molar-refractivity contribution in [1.82, 2.24) is 0 Å². The molecule has 3 N–H and O–H groups in total. The summed E-state index contributed by atoms with van der Waals surface area (Å²) < 4.78 is 29.2. The highest BCUT2D eigenvalue weighted by atomic mass is 32.2. The minimum Gasteiger partial charge on any atom is -0.328 e. The van der Waals surface area contributed by atoms with Crippen LogP contribution in [0.4, 0.5) is 0 Å². The lowest BCUT2D eigenvalue weighted by atomic mass is 10.0. The Morgan fingerprint density at radius 1 is 0.750 bits per heavy atom. The van der Waals surface area contributed by atoms with Crippen LogP contribution in [0, 0.1) is 0 Å². The van der Waals surface area contributed by atoms with Gasteiger partial charge in [0.2, 0.25) is 0 Å². The molecule has 0 spiro atoms. The molecule has 1 unspecified atom stereocenters. The molecular formula is C23H43NO3S. The summed E-state index contributed by atoms with van der Waals surface area (Å²) in [7, 11) is -4.00. The third-order valence-corrected chi connectivity index (χ3v) is 5.75. The Morgan fingerprint density at radius 3 is 1.61 bits per heavy atom. The van der Waals surface area contributed by atoms with Crippen molar-refractivity contribution in [2.75, 3.05) is 0 Å². The van der Waals surface area contributed by atoms with Crippen LogP contribution in [0.5, 0.6) is 0 Å². The fourth-order valence-corrected chi connectivity index (χ4v) is 3.68. The first kappa shape index (κ1) is 27.1. The minimum absolute atomic E-state index is 0.0741. The van der Waals surface area contributed by atoms with Gasteiger partial charge < -0.3 is 5.73 Å². The van der Waals surface area contributed by atoms with Crippen LogP contribution in [-0.2, 0) is 10.1 Å². The first-order valence-electron chi connectivity index (χ1n) is 11.2. The number of benzene rings is 1. The van der Waals surface area contributed by atoms with Crippen molar-refractivity contribution >= 4 is 10.1 Å². The molecule has 0 aromatic heterocycles. The van der Waals surface area contributed by atoms with Crippen LogP contribution in [-0.4, -0.2) is 19.0 Å². The quantitative estimate of drug-likeness (QED) is 0.246. The van der Waals surface area contributed by atoms with Gasteiger partial charge in [0, 0.05) is 6.04 Å². The highest BCUT2D eigenvalue weighted by Crippen LogP contribution is 2.13. The van der Waals surface area contributed by atoms with Gasteiger partial charge in [0.15, 0.2) is 0 Å². The van der Waals surface area contributed by atoms with E-state index in [1.165, 1.54) is 102 Å². The number of rotatable bonds is 15. The van der Waals surface area contributed by atoms with Crippen molar-refractivity contribution in [2.45, 2.75) is 115 Å². The Bertz CT molecular complexity index is 546. The normalized spacial score (nSPS) is 12.3. The monoisotopic (exact) mass is 413 g/mol. The van der Waals surface area contributed by atoms with Gasteiger partial charge in [0.05, 0.1) is 4.90 Å². The van der Waals surface area contributed by atoms with E-state index >= 15 is 0 Å². The molecule has 0 aliphatic heterocycles. The number of unbranched alkanes of at least 4 members (excludes halogenated alkanes) is 10. The van der Waals surface area contributed by atoms with Crippen LogP contribution in [0.1, 0.15) is 104 Å². The summed E-state index contributed by atoms with van der Waals surface area (Å²) in [5.41, 5.74) is 6.00. The van der Waals surface area contributed by atoms with E-state index in [-0.39, 0.29) is 4.90 Å². The van der Waals surface area contributed by atoms with Gasteiger partial charge in [-0.3, -0.25) is 4.55 Å². The van der Waals surface area contributed by atoms with E-state index in [4.69, 9.17) is 10.3 Å². The summed E-state index contributed by atoms with van der Waals surface area (Å²) in [5.74, 6) is 0. The van der Waals surface area contributed by atoms with Crippen molar-refractivity contribution in [1.29, 1.82) is 0 Å². The molecule has 4 nitrogen and oxygen atoms in total. The Morgan fingerprint density at radius 2 is 1.21 bits per heavy atom. The predicted molar refractivity (Wildman–Crippen MR) is 120 cm³/mol. The second-order valence-corrected chi connectivity index (χ2v) is 9.08. The molecule has 0 bridgehead atoms. The summed E-state index contributed by atoms with van der Waals surface area (Å²) in [6.07, 6.45) is 19.4. The average Bonchev–Trinajstić information content (AvgIpc) is 2.67. The first-order valence-corrected chi connectivity index (χ1v) is 12.6. The Hall–Kier alpha value is -0.910. The zero-order chi connectivity index (χ0) is 21.1. The summed E-state index contributed by atoms with van der Waals surface area (Å²) in [4.78, 5) is -0.0741. The maximum Gasteiger partial charge on any atom is 0.294 e. The molecule has 0 heterocycles. The predicted octanol–water partition coefficient (Wildman–Crippen LogP) is 6.75. The van der Waals surface area contributed by atoms with Crippen LogP contribution < -0.4 is 5.73 Å². The maximum atomic E-state index is 10.4. The molecule has 1 aromatic carbocycles. The minimum atomic E-state index is -4.00. The maximum absolute atomic E-state index is 10.4. The van der Waals surface area contributed by atoms with Crippen LogP contribution in [0.2, 0.25) is 0 Å². The van der Waals surface area contributed by atoms with Crippen molar-refractivity contribution < 1.29 is 13.0 Å². The van der Waals surface area contributed by atoms with Gasteiger partial charge in [-0.1, -0.05) is 109 Å². The summed E-state index contributed by atoms with van der Waals surface area (Å²) >= 11 is 0. The van der Waals surface area contributed by atoms with Crippen molar-refractivity contribution in [3.05, 3.63) is 30.3 Å². The molecule has 0 aliphatic carbocycles. The van der Waals surface area contributed by atoms with E-state index < -0.39 is 10.1 Å². The van der Waals surface area contributed by atoms with Gasteiger partial charge in [0.1, 0.15) is 0 Å². The highest BCUT2D eigenvalue weighted by molar-refractivity contribution is 7.85. The van der Waals surface area contributed by atoms with Crippen LogP contribution in [0.15, 0.2) is 35.2 Å². The van der Waals surface area contributed by atoms with E-state index in [2.05, 4.69) is 13.8 Å². The Kier molecular flexibility index (Phi) is 17.6. The Balaban J connectivity index is 0.000000609. The van der Waals surface area contributed by atoms with Gasteiger partial charge in [-0.05, 0) is 25.0 Å².